The van der Waals surface area contributed by atoms with Crippen LogP contribution in [0.15, 0.2) is 118 Å². The topological polar surface area (TPSA) is 141 Å². The smallest absolute Gasteiger partial charge is 0.266 e. The second-order valence-corrected chi connectivity index (χ2v) is 11.7. The van der Waals surface area contributed by atoms with E-state index < -0.39 is 11.6 Å². The van der Waals surface area contributed by atoms with E-state index in [1.165, 1.54) is 5.56 Å². The predicted molar refractivity (Wildman–Crippen MR) is 181 cm³/mol. The number of hydrazine groups is 1. The number of aliphatic imine (C=N–C) groups is 1. The zero-order valence-electron chi connectivity index (χ0n) is 25.2. The molecule has 1 heterocycles. The number of ether oxygens (including phenoxy) is 2. The SMILES string of the molecule is [N-]=[N+]=Nc1ccccc1[C@@H]1OC(c2ccc(OCCCO)cc2)=N[C@]1(Cc1ccc(Br)cc1)C(=O)NNCCCc1ccccc1. The maximum absolute atomic E-state index is 14.4. The lowest BCUT2D eigenvalue weighted by molar-refractivity contribution is -0.130. The number of amides is 1. The molecule has 4 aromatic carbocycles. The second-order valence-electron chi connectivity index (χ2n) is 10.8. The molecule has 2 atom stereocenters. The number of aliphatic hydroxyl groups excluding tert-OH is 1. The van der Waals surface area contributed by atoms with Gasteiger partial charge in [0.25, 0.3) is 5.91 Å². The van der Waals surface area contributed by atoms with Crippen LogP contribution in [0.4, 0.5) is 5.69 Å². The standard InChI is InChI=1S/C35H35BrN6O4/c36-28-17-13-26(14-18-28)24-35(34(44)41-38-21-6-10-25-8-2-1-3-9-25)32(30-11-4-5-12-31(30)40-42-37)46-33(39-35)27-15-19-29(20-16-27)45-23-7-22-43/h1-5,8-9,11-20,32,38,43H,6-7,10,21-24H2,(H,41,44)/t32-,35-/m0/s1. The average Bonchev–Trinajstić information content (AvgIpc) is 3.47. The van der Waals surface area contributed by atoms with Crippen LogP contribution >= 0.6 is 15.9 Å². The summed E-state index contributed by atoms with van der Waals surface area (Å²) in [5.41, 5.74) is 17.5. The Morgan fingerprint density at radius 1 is 0.978 bits per heavy atom. The van der Waals surface area contributed by atoms with Gasteiger partial charge in [0.2, 0.25) is 5.90 Å². The summed E-state index contributed by atoms with van der Waals surface area (Å²) in [7, 11) is 0. The van der Waals surface area contributed by atoms with Crippen molar-refractivity contribution in [2.45, 2.75) is 37.3 Å². The van der Waals surface area contributed by atoms with Crippen molar-refractivity contribution in [2.24, 2.45) is 10.1 Å². The summed E-state index contributed by atoms with van der Waals surface area (Å²) in [6.45, 7) is 0.983. The van der Waals surface area contributed by atoms with Crippen LogP contribution in [0.3, 0.4) is 0 Å². The summed E-state index contributed by atoms with van der Waals surface area (Å²) in [5.74, 6) is 0.536. The zero-order chi connectivity index (χ0) is 32.2. The molecule has 46 heavy (non-hydrogen) atoms. The summed E-state index contributed by atoms with van der Waals surface area (Å²) in [6.07, 6.45) is 1.49. The summed E-state index contributed by atoms with van der Waals surface area (Å²) in [4.78, 5) is 22.4. The van der Waals surface area contributed by atoms with Crippen molar-refractivity contribution in [1.29, 1.82) is 0 Å². The molecule has 0 bridgehead atoms. The molecule has 0 aliphatic carbocycles. The highest BCUT2D eigenvalue weighted by Crippen LogP contribution is 2.45. The highest BCUT2D eigenvalue weighted by molar-refractivity contribution is 9.10. The van der Waals surface area contributed by atoms with Crippen LogP contribution in [0, 0.1) is 0 Å². The van der Waals surface area contributed by atoms with Crippen LogP contribution in [0.1, 0.15) is 41.2 Å². The molecule has 1 amide bonds. The maximum Gasteiger partial charge on any atom is 0.266 e. The number of carbonyl (C=O) groups is 1. The van der Waals surface area contributed by atoms with Crippen molar-refractivity contribution in [3.05, 3.63) is 140 Å². The molecule has 0 radical (unpaired) electrons. The first kappa shape index (κ1) is 32.7. The Morgan fingerprint density at radius 3 is 2.46 bits per heavy atom. The quantitative estimate of drug-likeness (QED) is 0.0411. The molecular formula is C35H35BrN6O4. The zero-order valence-corrected chi connectivity index (χ0v) is 26.8. The molecule has 0 saturated heterocycles. The van der Waals surface area contributed by atoms with E-state index in [0.717, 1.165) is 22.9 Å². The minimum Gasteiger partial charge on any atom is -0.494 e. The Morgan fingerprint density at radius 2 is 1.72 bits per heavy atom. The number of halogens is 1. The van der Waals surface area contributed by atoms with Gasteiger partial charge in [-0.3, -0.25) is 10.2 Å². The Bertz CT molecular complexity index is 1680. The maximum atomic E-state index is 14.4. The first-order chi connectivity index (χ1) is 22.5. The first-order valence-corrected chi connectivity index (χ1v) is 15.9. The number of benzene rings is 4. The van der Waals surface area contributed by atoms with E-state index >= 15 is 0 Å². The average molecular weight is 684 g/mol. The fourth-order valence-corrected chi connectivity index (χ4v) is 5.56. The van der Waals surface area contributed by atoms with Gasteiger partial charge in [0.05, 0.1) is 6.61 Å². The molecule has 0 unspecified atom stereocenters. The van der Waals surface area contributed by atoms with Crippen molar-refractivity contribution in [3.8, 4) is 5.75 Å². The molecule has 3 N–H and O–H groups in total. The minimum absolute atomic E-state index is 0.0475. The first-order valence-electron chi connectivity index (χ1n) is 15.1. The number of rotatable bonds is 15. The van der Waals surface area contributed by atoms with Gasteiger partial charge < -0.3 is 14.6 Å². The largest absolute Gasteiger partial charge is 0.494 e. The minimum atomic E-state index is -1.47. The van der Waals surface area contributed by atoms with Crippen molar-refractivity contribution >= 4 is 33.4 Å². The van der Waals surface area contributed by atoms with E-state index in [4.69, 9.17) is 19.6 Å². The molecule has 11 heteroatoms. The van der Waals surface area contributed by atoms with Crippen LogP contribution in [-0.2, 0) is 22.4 Å². The Kier molecular flexibility index (Phi) is 11.4. The summed E-state index contributed by atoms with van der Waals surface area (Å²) in [5, 5.41) is 13.0. The number of aliphatic hydroxyl groups is 1. The van der Waals surface area contributed by atoms with Gasteiger partial charge in [0.1, 0.15) is 5.75 Å². The van der Waals surface area contributed by atoms with E-state index in [1.807, 2.05) is 60.7 Å². The van der Waals surface area contributed by atoms with Gasteiger partial charge in [-0.1, -0.05) is 87.8 Å². The predicted octanol–water partition coefficient (Wildman–Crippen LogP) is 6.91. The number of nitrogens with one attached hydrogen (secondary N) is 2. The highest BCUT2D eigenvalue weighted by atomic mass is 79.9. The van der Waals surface area contributed by atoms with E-state index in [0.29, 0.717) is 42.1 Å². The summed E-state index contributed by atoms with van der Waals surface area (Å²) >= 11 is 3.50. The lowest BCUT2D eigenvalue weighted by Gasteiger charge is -2.31. The Balaban J connectivity index is 1.49. The van der Waals surface area contributed by atoms with Crippen LogP contribution in [0.5, 0.6) is 5.75 Å². The van der Waals surface area contributed by atoms with Crippen LogP contribution in [0.2, 0.25) is 0 Å². The van der Waals surface area contributed by atoms with Gasteiger partial charge in [-0.15, -0.1) is 0 Å². The van der Waals surface area contributed by atoms with Crippen LogP contribution < -0.4 is 15.6 Å². The number of nitrogens with zero attached hydrogens (tertiary/aromatic N) is 4. The van der Waals surface area contributed by atoms with Crippen molar-refractivity contribution in [3.63, 3.8) is 0 Å². The monoisotopic (exact) mass is 682 g/mol. The number of azide groups is 1. The van der Waals surface area contributed by atoms with Gasteiger partial charge in [0.15, 0.2) is 11.6 Å². The normalized spacial score (nSPS) is 17.0. The van der Waals surface area contributed by atoms with Gasteiger partial charge in [-0.05, 0) is 65.9 Å². The molecule has 1 aliphatic heterocycles. The molecule has 0 spiro atoms. The summed E-state index contributed by atoms with van der Waals surface area (Å²) < 4.78 is 13.2. The fraction of sp³-hybridized carbons (Fsp3) is 0.257. The van der Waals surface area contributed by atoms with Gasteiger partial charge in [0, 0.05) is 52.2 Å². The molecule has 1 aliphatic rings. The molecule has 236 valence electrons. The van der Waals surface area contributed by atoms with Gasteiger partial charge in [-0.25, -0.2) is 10.4 Å². The van der Waals surface area contributed by atoms with Crippen molar-refractivity contribution < 1.29 is 19.4 Å². The number of hydrogen-bond donors (Lipinski definition) is 3. The van der Waals surface area contributed by atoms with Crippen LogP contribution in [0.25, 0.3) is 10.4 Å². The lowest BCUT2D eigenvalue weighted by atomic mass is 9.81. The number of aryl methyl sites for hydroxylation is 1. The molecule has 0 fully saturated rings. The third-order valence-electron chi connectivity index (χ3n) is 7.60. The van der Waals surface area contributed by atoms with E-state index in [9.17, 15) is 10.3 Å². The van der Waals surface area contributed by atoms with Crippen molar-refractivity contribution in [2.75, 3.05) is 19.8 Å². The number of hydrogen-bond acceptors (Lipinski definition) is 7. The van der Waals surface area contributed by atoms with Gasteiger partial charge in [-0.2, -0.15) is 0 Å². The molecule has 10 nitrogen and oxygen atoms in total. The van der Waals surface area contributed by atoms with E-state index in [1.54, 1.807) is 30.3 Å². The molecule has 0 saturated carbocycles. The molecule has 0 aromatic heterocycles. The lowest BCUT2D eigenvalue weighted by Crippen LogP contribution is -2.54. The number of carbonyl (C=O) groups excluding carboxylic acids is 1. The highest BCUT2D eigenvalue weighted by Gasteiger charge is 2.54. The molecule has 4 aromatic rings. The molecule has 5 rings (SSSR count). The second kappa shape index (κ2) is 16.1. The van der Waals surface area contributed by atoms with E-state index in [-0.39, 0.29) is 24.8 Å². The van der Waals surface area contributed by atoms with Crippen LogP contribution in [-0.4, -0.2) is 42.2 Å². The fourth-order valence-electron chi connectivity index (χ4n) is 5.30. The molecular weight excluding hydrogens is 648 g/mol. The van der Waals surface area contributed by atoms with E-state index in [2.05, 4.69) is 48.9 Å². The summed E-state index contributed by atoms with van der Waals surface area (Å²) in [6, 6.07) is 32.2. The third-order valence-corrected chi connectivity index (χ3v) is 8.13. The van der Waals surface area contributed by atoms with Gasteiger partial charge >= 0.3 is 0 Å². The Labute approximate surface area is 276 Å². The Hall–Kier alpha value is -4.67. The third kappa shape index (κ3) is 8.13. The van der Waals surface area contributed by atoms with Crippen molar-refractivity contribution in [1.82, 2.24) is 10.9 Å².